The zero-order valence-electron chi connectivity index (χ0n) is 9.02. The molecule has 0 aliphatic heterocycles. The smallest absolute Gasteiger partial charge is 0.276 e. The van der Waals surface area contributed by atoms with Crippen LogP contribution in [0.3, 0.4) is 0 Å². The average Bonchev–Trinajstić information content (AvgIpc) is 2.50. The topological polar surface area (TPSA) is 88.7 Å². The Bertz CT molecular complexity index is 368. The van der Waals surface area contributed by atoms with E-state index in [1.807, 2.05) is 6.92 Å². The Morgan fingerprint density at radius 3 is 2.80 bits per heavy atom. The Morgan fingerprint density at radius 2 is 2.33 bits per heavy atom. The highest BCUT2D eigenvalue weighted by Gasteiger charge is 2.22. The van der Waals surface area contributed by atoms with Gasteiger partial charge >= 0.3 is 0 Å². The Hall–Kier alpha value is -1.06. The van der Waals surface area contributed by atoms with Crippen LogP contribution in [0.5, 0.6) is 0 Å². The summed E-state index contributed by atoms with van der Waals surface area (Å²) in [4.78, 5) is 0. The van der Waals surface area contributed by atoms with E-state index in [0.29, 0.717) is 17.5 Å². The number of rotatable bonds is 4. The van der Waals surface area contributed by atoms with E-state index in [9.17, 15) is 0 Å². The van der Waals surface area contributed by atoms with Gasteiger partial charge in [-0.3, -0.25) is 0 Å². The molecule has 0 spiro atoms. The van der Waals surface area contributed by atoms with Gasteiger partial charge in [-0.05, 0) is 13.3 Å². The van der Waals surface area contributed by atoms with Crippen molar-refractivity contribution in [1.82, 2.24) is 10.2 Å². The van der Waals surface area contributed by atoms with Crippen molar-refractivity contribution in [1.29, 1.82) is 5.26 Å². The minimum Gasteiger partial charge on any atom is -0.416 e. The van der Waals surface area contributed by atoms with E-state index < -0.39 is 5.54 Å². The van der Waals surface area contributed by atoms with Gasteiger partial charge in [-0.15, -0.1) is 10.2 Å². The van der Waals surface area contributed by atoms with Crippen molar-refractivity contribution in [3.8, 4) is 6.07 Å². The molecule has 0 amide bonds. The summed E-state index contributed by atoms with van der Waals surface area (Å²) in [5, 5.41) is 17.1. The van der Waals surface area contributed by atoms with Crippen LogP contribution in [-0.2, 0) is 0 Å². The fraction of sp³-hybridized carbons (Fsp3) is 0.667. The summed E-state index contributed by atoms with van der Waals surface area (Å²) in [6, 6.07) is 2.06. The maximum Gasteiger partial charge on any atom is 0.276 e. The van der Waals surface area contributed by atoms with Gasteiger partial charge in [-0.1, -0.05) is 18.7 Å². The first-order valence-electron chi connectivity index (χ1n) is 4.60. The van der Waals surface area contributed by atoms with Crippen LogP contribution >= 0.6 is 11.8 Å². The molecule has 0 aromatic carbocycles. The summed E-state index contributed by atoms with van der Waals surface area (Å²) in [5.74, 6) is 0.542. The van der Waals surface area contributed by atoms with Crippen LogP contribution in [0.15, 0.2) is 9.64 Å². The highest BCUT2D eigenvalue weighted by Crippen LogP contribution is 2.26. The third kappa shape index (κ3) is 3.90. The van der Waals surface area contributed by atoms with Crippen molar-refractivity contribution in [2.45, 2.75) is 43.2 Å². The Kier molecular flexibility index (Phi) is 3.72. The molecule has 0 radical (unpaired) electrons. The van der Waals surface area contributed by atoms with Gasteiger partial charge in [0, 0.05) is 12.2 Å². The molecule has 5 nitrogen and oxygen atoms in total. The highest BCUT2D eigenvalue weighted by molar-refractivity contribution is 7.99. The van der Waals surface area contributed by atoms with Gasteiger partial charge in [-0.2, -0.15) is 5.26 Å². The monoisotopic (exact) mass is 226 g/mol. The van der Waals surface area contributed by atoms with Crippen LogP contribution in [0.2, 0.25) is 0 Å². The zero-order chi connectivity index (χ0) is 11.5. The first kappa shape index (κ1) is 12.0. The number of aryl methyl sites for hydroxylation is 1. The quantitative estimate of drug-likeness (QED) is 0.782. The molecule has 6 heteroatoms. The summed E-state index contributed by atoms with van der Waals surface area (Å²) in [6.45, 7) is 5.43. The number of hydrogen-bond acceptors (Lipinski definition) is 6. The van der Waals surface area contributed by atoms with Gasteiger partial charge < -0.3 is 10.2 Å². The molecule has 0 saturated carbocycles. The SMILES string of the molecule is Cc1nnc(SC(C)CC(C)(N)C#N)o1. The summed E-state index contributed by atoms with van der Waals surface area (Å²) in [6.07, 6.45) is 0.579. The molecule has 1 heterocycles. The standard InChI is InChI=1S/C9H14N4OS/c1-6(4-9(3,11)5-10)15-8-13-12-7(2)14-8/h6H,4,11H2,1-3H3. The molecule has 15 heavy (non-hydrogen) atoms. The number of nitrogens with two attached hydrogens (primary N) is 1. The summed E-state index contributed by atoms with van der Waals surface area (Å²) < 4.78 is 5.22. The van der Waals surface area contributed by atoms with Crippen LogP contribution in [0.4, 0.5) is 0 Å². The van der Waals surface area contributed by atoms with Crippen molar-refractivity contribution in [2.24, 2.45) is 5.73 Å². The molecule has 0 bridgehead atoms. The molecular formula is C9H14N4OS. The predicted octanol–water partition coefficient (Wildman–Crippen LogP) is 1.49. The van der Waals surface area contributed by atoms with Gasteiger partial charge in [0.1, 0.15) is 5.54 Å². The first-order valence-corrected chi connectivity index (χ1v) is 5.48. The number of nitrogens with zero attached hydrogens (tertiary/aromatic N) is 3. The molecule has 0 saturated heterocycles. The lowest BCUT2D eigenvalue weighted by Crippen LogP contribution is -2.36. The van der Waals surface area contributed by atoms with Gasteiger partial charge in [0.2, 0.25) is 5.89 Å². The highest BCUT2D eigenvalue weighted by atomic mass is 32.2. The van der Waals surface area contributed by atoms with Crippen molar-refractivity contribution < 1.29 is 4.42 Å². The largest absolute Gasteiger partial charge is 0.416 e. The Morgan fingerprint density at radius 1 is 1.67 bits per heavy atom. The second-order valence-corrected chi connectivity index (χ2v) is 5.14. The minimum atomic E-state index is -0.804. The van der Waals surface area contributed by atoms with Crippen LogP contribution in [0.25, 0.3) is 0 Å². The van der Waals surface area contributed by atoms with E-state index in [-0.39, 0.29) is 5.25 Å². The molecule has 0 aliphatic carbocycles. The van der Waals surface area contributed by atoms with E-state index >= 15 is 0 Å². The molecule has 0 fully saturated rings. The predicted molar refractivity (Wildman–Crippen MR) is 57.2 cm³/mol. The Labute approximate surface area is 93.0 Å². The summed E-state index contributed by atoms with van der Waals surface area (Å²) in [5.41, 5.74) is 4.93. The fourth-order valence-electron chi connectivity index (χ4n) is 1.18. The number of aromatic nitrogens is 2. The van der Waals surface area contributed by atoms with E-state index in [1.165, 1.54) is 11.8 Å². The Balaban J connectivity index is 2.50. The lowest BCUT2D eigenvalue weighted by Gasteiger charge is -2.18. The lowest BCUT2D eigenvalue weighted by molar-refractivity contribution is 0.427. The second kappa shape index (κ2) is 4.64. The van der Waals surface area contributed by atoms with Crippen LogP contribution in [-0.4, -0.2) is 21.0 Å². The van der Waals surface area contributed by atoms with Gasteiger partial charge in [0.05, 0.1) is 6.07 Å². The molecule has 1 aromatic rings. The van der Waals surface area contributed by atoms with Crippen molar-refractivity contribution in [2.75, 3.05) is 0 Å². The van der Waals surface area contributed by atoms with Gasteiger partial charge in [0.15, 0.2) is 0 Å². The molecule has 2 atom stereocenters. The minimum absolute atomic E-state index is 0.166. The number of nitriles is 1. The molecular weight excluding hydrogens is 212 g/mol. The normalized spacial score (nSPS) is 16.7. The van der Waals surface area contributed by atoms with Crippen molar-refractivity contribution in [3.63, 3.8) is 0 Å². The van der Waals surface area contributed by atoms with E-state index in [0.717, 1.165) is 0 Å². The number of hydrogen-bond donors (Lipinski definition) is 1. The fourth-order valence-corrected chi connectivity index (χ4v) is 2.21. The van der Waals surface area contributed by atoms with Crippen molar-refractivity contribution >= 4 is 11.8 Å². The van der Waals surface area contributed by atoms with Crippen molar-refractivity contribution in [3.05, 3.63) is 5.89 Å². The maximum atomic E-state index is 8.78. The van der Waals surface area contributed by atoms with Gasteiger partial charge in [0.25, 0.3) is 5.22 Å². The summed E-state index contributed by atoms with van der Waals surface area (Å²) >= 11 is 1.44. The maximum absolute atomic E-state index is 8.78. The first-order chi connectivity index (χ1) is 6.93. The van der Waals surface area contributed by atoms with E-state index in [4.69, 9.17) is 15.4 Å². The number of thioether (sulfide) groups is 1. The van der Waals surface area contributed by atoms with Gasteiger partial charge in [-0.25, -0.2) is 0 Å². The van der Waals surface area contributed by atoms with Crippen LogP contribution in [0.1, 0.15) is 26.2 Å². The van der Waals surface area contributed by atoms with E-state index in [1.54, 1.807) is 13.8 Å². The molecule has 0 aliphatic rings. The molecule has 1 rings (SSSR count). The average molecular weight is 226 g/mol. The zero-order valence-corrected chi connectivity index (χ0v) is 9.84. The third-order valence-electron chi connectivity index (χ3n) is 1.78. The van der Waals surface area contributed by atoms with Crippen LogP contribution in [0, 0.1) is 18.3 Å². The molecule has 2 N–H and O–H groups in total. The third-order valence-corrected chi connectivity index (χ3v) is 2.71. The lowest BCUT2D eigenvalue weighted by atomic mass is 10.00. The second-order valence-electron chi connectivity index (χ2n) is 3.75. The van der Waals surface area contributed by atoms with E-state index in [2.05, 4.69) is 16.3 Å². The summed E-state index contributed by atoms with van der Waals surface area (Å²) in [7, 11) is 0. The molecule has 2 unspecified atom stereocenters. The molecule has 82 valence electrons. The molecule has 1 aromatic heterocycles. The van der Waals surface area contributed by atoms with Crippen LogP contribution < -0.4 is 5.73 Å².